The van der Waals surface area contributed by atoms with Crippen molar-refractivity contribution in [2.45, 2.75) is 111 Å². The van der Waals surface area contributed by atoms with Crippen LogP contribution in [0.5, 0.6) is 0 Å². The molecule has 3 saturated carbocycles. The number of pyridine rings is 1. The van der Waals surface area contributed by atoms with Gasteiger partial charge in [0.2, 0.25) is 5.91 Å². The summed E-state index contributed by atoms with van der Waals surface area (Å²) in [6, 6.07) is 11.5. The molecule has 4 fully saturated rings. The first-order valence-electron chi connectivity index (χ1n) is 17.1. The largest absolute Gasteiger partial charge is 0.481 e. The molecule has 6 atom stereocenters. The lowest BCUT2D eigenvalue weighted by Crippen LogP contribution is -2.65. The van der Waals surface area contributed by atoms with Gasteiger partial charge in [-0.05, 0) is 93.4 Å². The third kappa shape index (κ3) is 7.18. The Morgan fingerprint density at radius 3 is 2.43 bits per heavy atom. The Morgan fingerprint density at radius 2 is 1.76 bits per heavy atom. The molecule has 3 N–H and O–H groups in total. The quantitative estimate of drug-likeness (QED) is 0.267. The molecule has 6 rings (SSSR count). The van der Waals surface area contributed by atoms with Crippen LogP contribution in [-0.2, 0) is 20.5 Å². The predicted octanol–water partition coefficient (Wildman–Crippen LogP) is 5.06. The second-order valence-corrected chi connectivity index (χ2v) is 14.8. The van der Waals surface area contributed by atoms with Crippen LogP contribution in [0.15, 0.2) is 42.5 Å². The van der Waals surface area contributed by atoms with Crippen LogP contribution in [0.1, 0.15) is 106 Å². The average Bonchev–Trinajstić information content (AvgIpc) is 3.39. The van der Waals surface area contributed by atoms with Crippen molar-refractivity contribution in [1.82, 2.24) is 20.9 Å². The van der Waals surface area contributed by atoms with Gasteiger partial charge in [0.15, 0.2) is 0 Å². The summed E-state index contributed by atoms with van der Waals surface area (Å²) in [5, 5.41) is 8.86. The van der Waals surface area contributed by atoms with Gasteiger partial charge in [0.1, 0.15) is 11.7 Å². The van der Waals surface area contributed by atoms with Crippen LogP contribution < -0.4 is 16.0 Å². The Balaban J connectivity index is 1.33. The maximum atomic E-state index is 14.0. The number of carbonyl (C=O) groups is 3. The van der Waals surface area contributed by atoms with E-state index in [0.29, 0.717) is 23.8 Å². The van der Waals surface area contributed by atoms with Crippen LogP contribution >= 0.6 is 0 Å². The zero-order valence-corrected chi connectivity index (χ0v) is 28.5. The highest BCUT2D eigenvalue weighted by Crippen LogP contribution is 2.65. The number of hydrogen-bond donors (Lipinski definition) is 3. The first kappa shape index (κ1) is 34.1. The van der Waals surface area contributed by atoms with Crippen molar-refractivity contribution in [2.24, 2.45) is 23.2 Å². The van der Waals surface area contributed by atoms with E-state index in [9.17, 15) is 14.4 Å². The number of rotatable bonds is 13. The molecule has 3 amide bonds. The number of nitrogens with one attached hydrogen (secondary N) is 3. The fourth-order valence-electron chi connectivity index (χ4n) is 7.65. The monoisotopic (exact) mass is 630 g/mol. The highest BCUT2D eigenvalue weighted by molar-refractivity contribution is 6.48. The Labute approximate surface area is 274 Å². The fourth-order valence-corrected chi connectivity index (χ4v) is 7.65. The Hall–Kier alpha value is -3.24. The lowest BCUT2D eigenvalue weighted by molar-refractivity contribution is -0.199. The second-order valence-electron chi connectivity index (χ2n) is 14.8. The van der Waals surface area contributed by atoms with Crippen LogP contribution in [-0.4, -0.2) is 60.1 Å². The zero-order valence-electron chi connectivity index (χ0n) is 28.5. The molecule has 1 aliphatic heterocycles. The summed E-state index contributed by atoms with van der Waals surface area (Å²) in [5.74, 6) is -0.387. The van der Waals surface area contributed by atoms with E-state index in [4.69, 9.17) is 9.31 Å². The number of hydrogen-bond acceptors (Lipinski definition) is 6. The van der Waals surface area contributed by atoms with E-state index >= 15 is 0 Å². The van der Waals surface area contributed by atoms with Gasteiger partial charge in [0, 0.05) is 17.8 Å². The molecule has 0 unspecified atom stereocenters. The summed E-state index contributed by atoms with van der Waals surface area (Å²) in [6.07, 6.45) is 5.46. The number of unbranched alkanes of at least 4 members (excludes halogenated alkanes) is 1. The molecule has 2 aromatic rings. The van der Waals surface area contributed by atoms with E-state index in [1.54, 1.807) is 24.3 Å². The van der Waals surface area contributed by atoms with Gasteiger partial charge >= 0.3 is 7.12 Å². The molecule has 1 aromatic heterocycles. The second kappa shape index (κ2) is 13.9. The van der Waals surface area contributed by atoms with Gasteiger partial charge in [0.25, 0.3) is 11.8 Å². The van der Waals surface area contributed by atoms with Gasteiger partial charge in [0.05, 0.1) is 17.6 Å². The minimum atomic E-state index is -1.05. The minimum absolute atomic E-state index is 0.0174. The van der Waals surface area contributed by atoms with Crippen molar-refractivity contribution < 1.29 is 23.7 Å². The average molecular weight is 631 g/mol. The topological polar surface area (TPSA) is 119 Å². The Kier molecular flexibility index (Phi) is 10.3. The lowest BCUT2D eigenvalue weighted by atomic mass is 9.43. The van der Waals surface area contributed by atoms with Gasteiger partial charge in [-0.25, -0.2) is 4.98 Å². The molecule has 1 saturated heterocycles. The number of aryl methyl sites for hydroxylation is 2. The van der Waals surface area contributed by atoms with Gasteiger partial charge < -0.3 is 25.3 Å². The van der Waals surface area contributed by atoms with E-state index in [2.05, 4.69) is 62.5 Å². The summed E-state index contributed by atoms with van der Waals surface area (Å²) in [6.45, 7) is 15.0. The molecule has 10 heteroatoms. The van der Waals surface area contributed by atoms with E-state index < -0.39 is 36.5 Å². The van der Waals surface area contributed by atoms with Crippen molar-refractivity contribution in [1.29, 1.82) is 0 Å². The summed E-state index contributed by atoms with van der Waals surface area (Å²) in [7, 11) is -0.605. The smallest absolute Gasteiger partial charge is 0.404 e. The highest BCUT2D eigenvalue weighted by Gasteiger charge is 2.68. The number of benzene rings is 1. The summed E-state index contributed by atoms with van der Waals surface area (Å²) >= 11 is 0. The Bertz CT molecular complexity index is 1420. The van der Waals surface area contributed by atoms with Crippen molar-refractivity contribution in [3.8, 4) is 0 Å². The molecular formula is C36H51BN4O5. The molecule has 0 radical (unpaired) electrons. The standard InChI is InChI=1S/C36H51BN4O5/c1-8-9-11-26-12-10-13-27(39-26)33(43)40-28(21-38-32(42)24-16-14-23(4)15-17-24)34(44)41-31(18-22(2)3)37-45-30-20-25-19-29(35(25,5)6)36(30,7)46-37/h10,12-17,22,25,28-31H,8-9,11,18-21H2,1-7H3,(H,38,42)(H,40,43)(H,41,44)/t25-,28+,29+,30-,31+,36+/m1/s1. The lowest BCUT2D eigenvalue weighted by Gasteiger charge is -2.64. The number of aromatic nitrogens is 1. The van der Waals surface area contributed by atoms with Gasteiger partial charge in [-0.2, -0.15) is 0 Å². The Morgan fingerprint density at radius 1 is 1.02 bits per heavy atom. The van der Waals surface area contributed by atoms with Crippen molar-refractivity contribution in [3.05, 3.63) is 65.0 Å². The van der Waals surface area contributed by atoms with Gasteiger partial charge in [-0.3, -0.25) is 14.4 Å². The van der Waals surface area contributed by atoms with E-state index in [-0.39, 0.29) is 35.6 Å². The van der Waals surface area contributed by atoms with Crippen LogP contribution in [0.3, 0.4) is 0 Å². The van der Waals surface area contributed by atoms with E-state index in [0.717, 1.165) is 43.4 Å². The first-order valence-corrected chi connectivity index (χ1v) is 17.1. The number of nitrogens with zero attached hydrogens (tertiary/aromatic N) is 1. The van der Waals surface area contributed by atoms with Gasteiger partial charge in [-0.1, -0.05) is 64.8 Å². The van der Waals surface area contributed by atoms with Crippen molar-refractivity contribution >= 4 is 24.8 Å². The summed E-state index contributed by atoms with van der Waals surface area (Å²) in [4.78, 5) is 45.0. The van der Waals surface area contributed by atoms with Crippen LogP contribution in [0, 0.1) is 30.1 Å². The maximum absolute atomic E-state index is 14.0. The van der Waals surface area contributed by atoms with Crippen molar-refractivity contribution in [2.75, 3.05) is 6.54 Å². The molecule has 0 spiro atoms. The molecule has 9 nitrogen and oxygen atoms in total. The summed E-state index contributed by atoms with van der Waals surface area (Å²) in [5.41, 5.74) is 2.36. The highest BCUT2D eigenvalue weighted by atomic mass is 16.7. The minimum Gasteiger partial charge on any atom is -0.404 e. The molecule has 46 heavy (non-hydrogen) atoms. The number of carbonyl (C=O) groups excluding carboxylic acids is 3. The molecule has 2 heterocycles. The molecule has 248 valence electrons. The fraction of sp³-hybridized carbons (Fsp3) is 0.611. The molecule has 3 aliphatic carbocycles. The zero-order chi connectivity index (χ0) is 33.2. The van der Waals surface area contributed by atoms with Crippen molar-refractivity contribution in [3.63, 3.8) is 0 Å². The van der Waals surface area contributed by atoms with Gasteiger partial charge in [-0.15, -0.1) is 0 Å². The van der Waals surface area contributed by atoms with Crippen LogP contribution in [0.25, 0.3) is 0 Å². The molecule has 2 bridgehead atoms. The third-order valence-electron chi connectivity index (χ3n) is 10.6. The maximum Gasteiger partial charge on any atom is 0.481 e. The number of amides is 3. The summed E-state index contributed by atoms with van der Waals surface area (Å²) < 4.78 is 13.3. The van der Waals surface area contributed by atoms with Crippen LogP contribution in [0.2, 0.25) is 0 Å². The molecule has 4 aliphatic rings. The third-order valence-corrected chi connectivity index (χ3v) is 10.6. The molecular weight excluding hydrogens is 579 g/mol. The van der Waals surface area contributed by atoms with E-state index in [1.165, 1.54) is 0 Å². The van der Waals surface area contributed by atoms with E-state index in [1.807, 2.05) is 25.1 Å². The molecule has 1 aromatic carbocycles. The normalized spacial score (nSPS) is 25.7. The SMILES string of the molecule is CCCCc1cccc(C(=O)N[C@@H](CNC(=O)c2ccc(C)cc2)C(=O)N[C@@H](CC(C)C)B2O[C@@H]3C[C@H]4C[C@@H](C4(C)C)[C@]3(C)O2)n1. The first-order chi connectivity index (χ1) is 21.8. The van der Waals surface area contributed by atoms with Crippen LogP contribution in [0.4, 0.5) is 0 Å². The predicted molar refractivity (Wildman–Crippen MR) is 179 cm³/mol.